The summed E-state index contributed by atoms with van der Waals surface area (Å²) < 4.78 is 10.7. The molecule has 0 radical (unpaired) electrons. The molecule has 2 aromatic carbocycles. The van der Waals surface area contributed by atoms with E-state index in [4.69, 9.17) is 14.5 Å². The summed E-state index contributed by atoms with van der Waals surface area (Å²) in [7, 11) is 3.26. The van der Waals surface area contributed by atoms with Gasteiger partial charge in [0.25, 0.3) is 0 Å². The Morgan fingerprint density at radius 3 is 2.70 bits per heavy atom. The molecule has 6 nitrogen and oxygen atoms in total. The lowest BCUT2D eigenvalue weighted by molar-refractivity contribution is 0.404. The van der Waals surface area contributed by atoms with E-state index < -0.39 is 0 Å². The highest BCUT2D eigenvalue weighted by Gasteiger charge is 2.11. The Balaban J connectivity index is 1.93. The molecule has 0 amide bonds. The molecule has 0 saturated carbocycles. The van der Waals surface area contributed by atoms with Gasteiger partial charge < -0.3 is 9.47 Å². The van der Waals surface area contributed by atoms with Crippen molar-refractivity contribution in [3.63, 3.8) is 0 Å². The fourth-order valence-corrected chi connectivity index (χ4v) is 2.59. The van der Waals surface area contributed by atoms with Crippen LogP contribution in [-0.2, 0) is 0 Å². The van der Waals surface area contributed by atoms with Gasteiger partial charge in [-0.05, 0) is 30.3 Å². The Labute approximate surface area is 132 Å². The topological polar surface area (TPSA) is 72.9 Å². The van der Waals surface area contributed by atoms with Crippen LogP contribution in [0.4, 0.5) is 0 Å². The maximum atomic E-state index is 5.43. The second-order valence-electron chi connectivity index (χ2n) is 5.12. The standard InChI is InChI=1S/C17H14N4O2/c1-22-11-3-4-17(23-2)12(6-11)16-9-18-14-5-10-8-19-21-13(10)7-15(14)20-16/h3-9H,1-2H3,(H,19,21). The largest absolute Gasteiger partial charge is 0.497 e. The fraction of sp³-hybridized carbons (Fsp3) is 0.118. The second-order valence-corrected chi connectivity index (χ2v) is 5.12. The second kappa shape index (κ2) is 5.24. The van der Waals surface area contributed by atoms with Gasteiger partial charge in [0.05, 0.1) is 48.9 Å². The normalized spacial score (nSPS) is 11.0. The molecule has 0 bridgehead atoms. The highest BCUT2D eigenvalue weighted by atomic mass is 16.5. The van der Waals surface area contributed by atoms with E-state index >= 15 is 0 Å². The molecule has 2 heterocycles. The van der Waals surface area contributed by atoms with Crippen molar-refractivity contribution in [3.05, 3.63) is 42.7 Å². The number of fused-ring (bicyclic) bond motifs is 2. The monoisotopic (exact) mass is 306 g/mol. The molecule has 1 N–H and O–H groups in total. The third-order valence-corrected chi connectivity index (χ3v) is 3.78. The summed E-state index contributed by atoms with van der Waals surface area (Å²) in [6.45, 7) is 0. The molecule has 4 aromatic rings. The van der Waals surface area contributed by atoms with Crippen molar-refractivity contribution in [1.29, 1.82) is 0 Å². The Morgan fingerprint density at radius 1 is 0.957 bits per heavy atom. The number of aromatic amines is 1. The predicted molar refractivity (Wildman–Crippen MR) is 87.7 cm³/mol. The van der Waals surface area contributed by atoms with Crippen LogP contribution in [0.5, 0.6) is 11.5 Å². The van der Waals surface area contributed by atoms with E-state index in [1.165, 1.54) is 0 Å². The van der Waals surface area contributed by atoms with E-state index in [9.17, 15) is 0 Å². The molecule has 6 heteroatoms. The fourth-order valence-electron chi connectivity index (χ4n) is 2.59. The Morgan fingerprint density at radius 2 is 1.87 bits per heavy atom. The molecule has 23 heavy (non-hydrogen) atoms. The third-order valence-electron chi connectivity index (χ3n) is 3.78. The molecular formula is C17H14N4O2. The van der Waals surface area contributed by atoms with E-state index in [-0.39, 0.29) is 0 Å². The molecule has 0 spiro atoms. The molecule has 4 rings (SSSR count). The molecule has 114 valence electrons. The zero-order chi connectivity index (χ0) is 15.8. The predicted octanol–water partition coefficient (Wildman–Crippen LogP) is 3.19. The molecule has 0 aliphatic heterocycles. The summed E-state index contributed by atoms with van der Waals surface area (Å²) >= 11 is 0. The number of nitrogens with zero attached hydrogens (tertiary/aromatic N) is 3. The number of hydrogen-bond acceptors (Lipinski definition) is 5. The maximum absolute atomic E-state index is 5.43. The van der Waals surface area contributed by atoms with Crippen LogP contribution in [0, 0.1) is 0 Å². The van der Waals surface area contributed by atoms with Crippen LogP contribution in [0.2, 0.25) is 0 Å². The molecule has 0 fully saturated rings. The molecular weight excluding hydrogens is 292 g/mol. The lowest BCUT2D eigenvalue weighted by atomic mass is 10.1. The quantitative estimate of drug-likeness (QED) is 0.629. The minimum atomic E-state index is 0.724. The average molecular weight is 306 g/mol. The smallest absolute Gasteiger partial charge is 0.128 e. The zero-order valence-corrected chi connectivity index (χ0v) is 12.7. The Bertz CT molecular complexity index is 1010. The highest BCUT2D eigenvalue weighted by molar-refractivity contribution is 5.93. The first-order valence-electron chi connectivity index (χ1n) is 7.11. The summed E-state index contributed by atoms with van der Waals surface area (Å²) in [5, 5.41) is 8.00. The van der Waals surface area contributed by atoms with Gasteiger partial charge in [-0.1, -0.05) is 0 Å². The van der Waals surface area contributed by atoms with Gasteiger partial charge in [-0.15, -0.1) is 0 Å². The van der Waals surface area contributed by atoms with Gasteiger partial charge in [0, 0.05) is 10.9 Å². The number of aromatic nitrogens is 4. The van der Waals surface area contributed by atoms with E-state index in [1.807, 2.05) is 30.3 Å². The first-order chi connectivity index (χ1) is 11.3. The minimum Gasteiger partial charge on any atom is -0.497 e. The van der Waals surface area contributed by atoms with Crippen LogP contribution in [0.3, 0.4) is 0 Å². The van der Waals surface area contributed by atoms with Crippen LogP contribution in [0.25, 0.3) is 33.2 Å². The average Bonchev–Trinajstić information content (AvgIpc) is 3.05. The summed E-state index contributed by atoms with van der Waals surface area (Å²) in [6.07, 6.45) is 3.51. The van der Waals surface area contributed by atoms with Crippen molar-refractivity contribution in [2.24, 2.45) is 0 Å². The van der Waals surface area contributed by atoms with Crippen LogP contribution in [0.15, 0.2) is 42.7 Å². The number of rotatable bonds is 3. The molecule has 0 atom stereocenters. The van der Waals surface area contributed by atoms with Gasteiger partial charge in [-0.3, -0.25) is 10.1 Å². The van der Waals surface area contributed by atoms with E-state index in [1.54, 1.807) is 26.6 Å². The van der Waals surface area contributed by atoms with Crippen molar-refractivity contribution >= 4 is 21.9 Å². The van der Waals surface area contributed by atoms with E-state index in [2.05, 4.69) is 15.2 Å². The van der Waals surface area contributed by atoms with Crippen molar-refractivity contribution in [2.75, 3.05) is 14.2 Å². The van der Waals surface area contributed by atoms with Gasteiger partial charge >= 0.3 is 0 Å². The Kier molecular flexibility index (Phi) is 3.08. The number of hydrogen-bond donors (Lipinski definition) is 1. The van der Waals surface area contributed by atoms with Gasteiger partial charge in [-0.25, -0.2) is 4.98 Å². The molecule has 2 aromatic heterocycles. The molecule has 0 aliphatic carbocycles. The van der Waals surface area contributed by atoms with Gasteiger partial charge in [0.15, 0.2) is 0 Å². The molecule has 0 aliphatic rings. The maximum Gasteiger partial charge on any atom is 0.128 e. The first-order valence-corrected chi connectivity index (χ1v) is 7.11. The summed E-state index contributed by atoms with van der Waals surface area (Å²) in [5.74, 6) is 1.47. The number of benzene rings is 2. The molecule has 0 unspecified atom stereocenters. The van der Waals surface area contributed by atoms with E-state index in [0.717, 1.165) is 44.7 Å². The number of H-pyrrole nitrogens is 1. The van der Waals surface area contributed by atoms with Crippen molar-refractivity contribution < 1.29 is 9.47 Å². The Hall–Kier alpha value is -3.15. The van der Waals surface area contributed by atoms with Gasteiger partial charge in [0.2, 0.25) is 0 Å². The summed E-state index contributed by atoms with van der Waals surface area (Å²) in [4.78, 5) is 9.23. The van der Waals surface area contributed by atoms with Crippen LogP contribution in [-0.4, -0.2) is 34.4 Å². The lowest BCUT2D eigenvalue weighted by Gasteiger charge is -2.10. The number of nitrogens with one attached hydrogen (secondary N) is 1. The SMILES string of the molecule is COc1ccc(OC)c(-c2cnc3cc4cn[nH]c4cc3n2)c1. The minimum absolute atomic E-state index is 0.724. The van der Waals surface area contributed by atoms with Crippen LogP contribution >= 0.6 is 0 Å². The summed E-state index contributed by atoms with van der Waals surface area (Å²) in [6, 6.07) is 9.51. The third kappa shape index (κ3) is 2.24. The zero-order valence-electron chi connectivity index (χ0n) is 12.7. The van der Waals surface area contributed by atoms with E-state index in [0.29, 0.717) is 0 Å². The number of methoxy groups -OCH3 is 2. The van der Waals surface area contributed by atoms with Gasteiger partial charge in [0.1, 0.15) is 11.5 Å². The first kappa shape index (κ1) is 13.5. The van der Waals surface area contributed by atoms with Crippen molar-refractivity contribution in [3.8, 4) is 22.8 Å². The van der Waals surface area contributed by atoms with Crippen LogP contribution in [0.1, 0.15) is 0 Å². The van der Waals surface area contributed by atoms with Crippen molar-refractivity contribution in [1.82, 2.24) is 20.2 Å². The lowest BCUT2D eigenvalue weighted by Crippen LogP contribution is -1.94. The van der Waals surface area contributed by atoms with Crippen LogP contribution < -0.4 is 9.47 Å². The van der Waals surface area contributed by atoms with Gasteiger partial charge in [-0.2, -0.15) is 5.10 Å². The summed E-state index contributed by atoms with van der Waals surface area (Å²) in [5.41, 5.74) is 4.12. The molecule has 0 saturated heterocycles. The van der Waals surface area contributed by atoms with Crippen molar-refractivity contribution in [2.45, 2.75) is 0 Å². The number of ether oxygens (including phenoxy) is 2. The highest BCUT2D eigenvalue weighted by Crippen LogP contribution is 2.33.